The molecule has 0 saturated carbocycles. The standard InChI is InChI=1S/C11H13N3O2/c1-16-7-6-14-11(15)9-3-5-13-10-8(9)2-4-12-10/h2-5H,6-7H2,1H3,(H,12,13)(H,14,15). The number of ether oxygens (including phenoxy) is 1. The number of fused-ring (bicyclic) bond motifs is 1. The van der Waals surface area contributed by atoms with Gasteiger partial charge >= 0.3 is 0 Å². The smallest absolute Gasteiger partial charge is 0.252 e. The summed E-state index contributed by atoms with van der Waals surface area (Å²) in [5.41, 5.74) is 1.35. The number of hydrogen-bond acceptors (Lipinski definition) is 3. The molecular formula is C11H13N3O2. The lowest BCUT2D eigenvalue weighted by molar-refractivity contribution is 0.0938. The second kappa shape index (κ2) is 4.76. The first-order chi connectivity index (χ1) is 7.83. The number of nitrogens with zero attached hydrogens (tertiary/aromatic N) is 1. The van der Waals surface area contributed by atoms with Crippen LogP contribution in [-0.4, -0.2) is 36.1 Å². The van der Waals surface area contributed by atoms with E-state index in [0.717, 1.165) is 11.0 Å². The van der Waals surface area contributed by atoms with E-state index >= 15 is 0 Å². The molecule has 0 atom stereocenters. The van der Waals surface area contributed by atoms with Crippen LogP contribution in [0.4, 0.5) is 0 Å². The normalized spacial score (nSPS) is 10.6. The van der Waals surface area contributed by atoms with E-state index in [0.29, 0.717) is 18.7 Å². The Balaban J connectivity index is 2.19. The number of carbonyl (C=O) groups is 1. The zero-order valence-corrected chi connectivity index (χ0v) is 8.99. The van der Waals surface area contributed by atoms with Crippen molar-refractivity contribution in [1.29, 1.82) is 0 Å². The molecule has 2 aromatic heterocycles. The summed E-state index contributed by atoms with van der Waals surface area (Å²) in [5.74, 6) is -0.107. The summed E-state index contributed by atoms with van der Waals surface area (Å²) in [7, 11) is 1.60. The van der Waals surface area contributed by atoms with Gasteiger partial charge in [0.15, 0.2) is 0 Å². The molecule has 0 fully saturated rings. The van der Waals surface area contributed by atoms with E-state index in [-0.39, 0.29) is 5.91 Å². The van der Waals surface area contributed by atoms with Gasteiger partial charge in [-0.25, -0.2) is 4.98 Å². The highest BCUT2D eigenvalue weighted by Gasteiger charge is 2.09. The molecule has 0 aromatic carbocycles. The van der Waals surface area contributed by atoms with Gasteiger partial charge in [-0.2, -0.15) is 0 Å². The number of nitrogens with one attached hydrogen (secondary N) is 2. The summed E-state index contributed by atoms with van der Waals surface area (Å²) in [5, 5.41) is 3.61. The van der Waals surface area contributed by atoms with E-state index in [4.69, 9.17) is 4.74 Å². The van der Waals surface area contributed by atoms with Crippen molar-refractivity contribution >= 4 is 16.9 Å². The number of aromatic amines is 1. The molecule has 0 unspecified atom stereocenters. The molecule has 2 N–H and O–H groups in total. The first-order valence-corrected chi connectivity index (χ1v) is 5.02. The molecule has 16 heavy (non-hydrogen) atoms. The van der Waals surface area contributed by atoms with Crippen molar-refractivity contribution in [3.63, 3.8) is 0 Å². The van der Waals surface area contributed by atoms with Gasteiger partial charge in [0.1, 0.15) is 5.65 Å². The predicted octanol–water partition coefficient (Wildman–Crippen LogP) is 0.939. The molecule has 0 spiro atoms. The Morgan fingerprint density at radius 3 is 3.25 bits per heavy atom. The molecule has 2 heterocycles. The Morgan fingerprint density at radius 2 is 2.44 bits per heavy atom. The van der Waals surface area contributed by atoms with Crippen LogP contribution in [0.15, 0.2) is 24.5 Å². The van der Waals surface area contributed by atoms with Crippen molar-refractivity contribution in [2.45, 2.75) is 0 Å². The topological polar surface area (TPSA) is 67.0 Å². The van der Waals surface area contributed by atoms with E-state index < -0.39 is 0 Å². The van der Waals surface area contributed by atoms with Crippen LogP contribution >= 0.6 is 0 Å². The number of hydrogen-bond donors (Lipinski definition) is 2. The van der Waals surface area contributed by atoms with Crippen LogP contribution in [0.1, 0.15) is 10.4 Å². The summed E-state index contributed by atoms with van der Waals surface area (Å²) in [6.07, 6.45) is 3.38. The first-order valence-electron chi connectivity index (χ1n) is 5.02. The van der Waals surface area contributed by atoms with Crippen LogP contribution in [0.3, 0.4) is 0 Å². The molecule has 84 valence electrons. The average molecular weight is 219 g/mol. The third kappa shape index (κ3) is 2.04. The van der Waals surface area contributed by atoms with Gasteiger partial charge in [0.05, 0.1) is 12.2 Å². The number of carbonyl (C=O) groups excluding carboxylic acids is 1. The van der Waals surface area contributed by atoms with Gasteiger partial charge in [-0.3, -0.25) is 4.79 Å². The SMILES string of the molecule is COCCNC(=O)c1ccnc2[nH]ccc12. The minimum absolute atomic E-state index is 0.107. The maximum atomic E-state index is 11.8. The summed E-state index contributed by atoms with van der Waals surface area (Å²) in [4.78, 5) is 18.9. The van der Waals surface area contributed by atoms with Crippen LogP contribution in [0.5, 0.6) is 0 Å². The van der Waals surface area contributed by atoms with E-state index in [1.54, 1.807) is 25.6 Å². The van der Waals surface area contributed by atoms with Gasteiger partial charge in [-0.15, -0.1) is 0 Å². The molecule has 1 amide bonds. The number of pyridine rings is 1. The van der Waals surface area contributed by atoms with E-state index in [1.165, 1.54) is 0 Å². The van der Waals surface area contributed by atoms with Gasteiger partial charge in [-0.05, 0) is 12.1 Å². The van der Waals surface area contributed by atoms with Crippen LogP contribution in [0, 0.1) is 0 Å². The fourth-order valence-corrected chi connectivity index (χ4v) is 1.52. The van der Waals surface area contributed by atoms with E-state index in [9.17, 15) is 4.79 Å². The van der Waals surface area contributed by atoms with Gasteiger partial charge in [0.2, 0.25) is 0 Å². The molecule has 0 bridgehead atoms. The molecule has 2 rings (SSSR count). The van der Waals surface area contributed by atoms with Crippen molar-refractivity contribution in [3.8, 4) is 0 Å². The number of amides is 1. The third-order valence-corrected chi connectivity index (χ3v) is 2.30. The van der Waals surface area contributed by atoms with Gasteiger partial charge in [-0.1, -0.05) is 0 Å². The lowest BCUT2D eigenvalue weighted by Crippen LogP contribution is -2.27. The Morgan fingerprint density at radius 1 is 1.56 bits per heavy atom. The highest BCUT2D eigenvalue weighted by molar-refractivity contribution is 6.05. The van der Waals surface area contributed by atoms with Crippen LogP contribution in [0.2, 0.25) is 0 Å². The fraction of sp³-hybridized carbons (Fsp3) is 0.273. The minimum atomic E-state index is -0.107. The Labute approximate surface area is 92.8 Å². The largest absolute Gasteiger partial charge is 0.383 e. The predicted molar refractivity (Wildman–Crippen MR) is 60.3 cm³/mol. The second-order valence-electron chi connectivity index (χ2n) is 3.35. The Hall–Kier alpha value is -1.88. The number of H-pyrrole nitrogens is 1. The minimum Gasteiger partial charge on any atom is -0.383 e. The van der Waals surface area contributed by atoms with Crippen molar-refractivity contribution in [1.82, 2.24) is 15.3 Å². The highest BCUT2D eigenvalue weighted by Crippen LogP contribution is 2.14. The van der Waals surface area contributed by atoms with Crippen molar-refractivity contribution < 1.29 is 9.53 Å². The van der Waals surface area contributed by atoms with Gasteiger partial charge in [0.25, 0.3) is 5.91 Å². The Kier molecular flexibility index (Phi) is 3.16. The van der Waals surface area contributed by atoms with Crippen LogP contribution in [0.25, 0.3) is 11.0 Å². The summed E-state index contributed by atoms with van der Waals surface area (Å²) < 4.78 is 4.87. The Bertz CT molecular complexity index is 493. The van der Waals surface area contributed by atoms with Crippen LogP contribution < -0.4 is 5.32 Å². The van der Waals surface area contributed by atoms with Crippen molar-refractivity contribution in [3.05, 3.63) is 30.1 Å². The average Bonchev–Trinajstić information content (AvgIpc) is 2.76. The first kappa shape index (κ1) is 10.6. The molecule has 0 aliphatic carbocycles. The lowest BCUT2D eigenvalue weighted by atomic mass is 10.2. The van der Waals surface area contributed by atoms with Crippen LogP contribution in [-0.2, 0) is 4.74 Å². The molecule has 0 aliphatic heterocycles. The second-order valence-corrected chi connectivity index (χ2v) is 3.35. The molecule has 0 saturated heterocycles. The third-order valence-electron chi connectivity index (χ3n) is 2.30. The van der Waals surface area contributed by atoms with E-state index in [1.807, 2.05) is 6.07 Å². The van der Waals surface area contributed by atoms with Gasteiger partial charge < -0.3 is 15.0 Å². The quantitative estimate of drug-likeness (QED) is 0.752. The monoisotopic (exact) mass is 219 g/mol. The van der Waals surface area contributed by atoms with Crippen molar-refractivity contribution in [2.24, 2.45) is 0 Å². The summed E-state index contributed by atoms with van der Waals surface area (Å²) in [6, 6.07) is 3.55. The molecule has 5 heteroatoms. The van der Waals surface area contributed by atoms with E-state index in [2.05, 4.69) is 15.3 Å². The maximum absolute atomic E-state index is 11.8. The lowest BCUT2D eigenvalue weighted by Gasteiger charge is -2.04. The molecule has 0 radical (unpaired) electrons. The number of rotatable bonds is 4. The zero-order chi connectivity index (χ0) is 11.4. The summed E-state index contributed by atoms with van der Waals surface area (Å²) in [6.45, 7) is 1.01. The molecule has 5 nitrogen and oxygen atoms in total. The summed E-state index contributed by atoms with van der Waals surface area (Å²) >= 11 is 0. The molecule has 2 aromatic rings. The zero-order valence-electron chi connectivity index (χ0n) is 8.99. The van der Waals surface area contributed by atoms with Gasteiger partial charge in [0, 0.05) is 31.4 Å². The fourth-order valence-electron chi connectivity index (χ4n) is 1.52. The highest BCUT2D eigenvalue weighted by atomic mass is 16.5. The van der Waals surface area contributed by atoms with Crippen molar-refractivity contribution in [2.75, 3.05) is 20.3 Å². The number of methoxy groups -OCH3 is 1. The number of aromatic nitrogens is 2. The molecular weight excluding hydrogens is 206 g/mol. The molecule has 0 aliphatic rings. The maximum Gasteiger partial charge on any atom is 0.252 e.